The summed E-state index contributed by atoms with van der Waals surface area (Å²) in [6.07, 6.45) is -1.43. The molecule has 1 saturated heterocycles. The molecular weight excluding hydrogens is 414 g/mol. The normalized spacial score (nSPS) is 19.7. The van der Waals surface area contributed by atoms with Crippen molar-refractivity contribution in [3.8, 4) is 0 Å². The lowest BCUT2D eigenvalue weighted by molar-refractivity contribution is -0.147. The first-order valence-corrected chi connectivity index (χ1v) is 11.0. The molecule has 2 rings (SSSR count). The van der Waals surface area contributed by atoms with Gasteiger partial charge in [-0.15, -0.1) is 0 Å². The number of amides is 5. The molecule has 0 aliphatic carbocycles. The number of nitrogens with one attached hydrogen (secondary N) is 1. The summed E-state index contributed by atoms with van der Waals surface area (Å²) in [6.45, 7) is 9.72. The maximum Gasteiger partial charge on any atom is 0.410 e. The van der Waals surface area contributed by atoms with Gasteiger partial charge in [0.25, 0.3) is 5.91 Å². The first-order valence-electron chi connectivity index (χ1n) is 11.0. The zero-order valence-corrected chi connectivity index (χ0v) is 19.4. The molecule has 2 unspecified atom stereocenters. The quantitative estimate of drug-likeness (QED) is 0.553. The summed E-state index contributed by atoms with van der Waals surface area (Å²) in [6, 6.07) is 7.79. The average Bonchev–Trinajstić information content (AvgIpc) is 2.76. The van der Waals surface area contributed by atoms with Crippen LogP contribution in [-0.2, 0) is 24.5 Å². The number of carbonyl (C=O) groups is 4. The second-order valence-corrected chi connectivity index (χ2v) is 7.86. The second-order valence-electron chi connectivity index (χ2n) is 7.86. The third kappa shape index (κ3) is 5.27. The molecule has 1 fully saturated rings. The highest BCUT2D eigenvalue weighted by atomic mass is 16.6. The zero-order chi connectivity index (χ0) is 23.9. The second kappa shape index (κ2) is 11.1. The van der Waals surface area contributed by atoms with E-state index >= 15 is 0 Å². The van der Waals surface area contributed by atoms with E-state index in [9.17, 15) is 19.2 Å². The molecule has 1 aromatic rings. The van der Waals surface area contributed by atoms with Crippen molar-refractivity contribution in [1.29, 1.82) is 0 Å². The van der Waals surface area contributed by atoms with E-state index in [0.29, 0.717) is 18.7 Å². The number of hydrogen-bond donors (Lipinski definition) is 1. The summed E-state index contributed by atoms with van der Waals surface area (Å²) in [5.41, 5.74) is -1.04. The Balaban J connectivity index is 2.34. The van der Waals surface area contributed by atoms with Crippen LogP contribution in [0, 0.1) is 0 Å². The van der Waals surface area contributed by atoms with Crippen molar-refractivity contribution in [3.05, 3.63) is 35.9 Å². The molecule has 0 bridgehead atoms. The van der Waals surface area contributed by atoms with Crippen molar-refractivity contribution < 1.29 is 28.7 Å². The summed E-state index contributed by atoms with van der Waals surface area (Å²) in [7, 11) is 0. The van der Waals surface area contributed by atoms with Crippen LogP contribution in [0.3, 0.4) is 0 Å². The minimum atomic E-state index is -1.54. The van der Waals surface area contributed by atoms with Gasteiger partial charge in [-0.25, -0.2) is 9.59 Å². The number of rotatable bonds is 10. The molecule has 1 aromatic carbocycles. The Morgan fingerprint density at radius 2 is 1.72 bits per heavy atom. The van der Waals surface area contributed by atoms with E-state index in [1.807, 2.05) is 27.7 Å². The van der Waals surface area contributed by atoms with Gasteiger partial charge in [0.05, 0.1) is 19.3 Å². The van der Waals surface area contributed by atoms with Crippen molar-refractivity contribution >= 4 is 23.9 Å². The van der Waals surface area contributed by atoms with E-state index in [1.54, 1.807) is 37.3 Å². The summed E-state index contributed by atoms with van der Waals surface area (Å²) in [4.78, 5) is 54.0. The Labute approximate surface area is 189 Å². The molecule has 1 heterocycles. The first-order chi connectivity index (χ1) is 15.2. The van der Waals surface area contributed by atoms with E-state index in [0.717, 1.165) is 4.90 Å². The van der Waals surface area contributed by atoms with E-state index in [4.69, 9.17) is 9.47 Å². The standard InChI is InChI=1S/C23H33N3O6/c1-6-23(17-12-10-9-11-13-17)19(27)24-21(29)26(20(23)28)14-18(15-31-16(4)5)32-22(30)25(7-2)8-3/h9-13,16,18H,6-8,14-15H2,1-5H3,(H,24,27,29). The Morgan fingerprint density at radius 1 is 1.09 bits per heavy atom. The lowest BCUT2D eigenvalue weighted by atomic mass is 9.74. The highest BCUT2D eigenvalue weighted by Gasteiger charge is 2.54. The number of nitrogens with zero attached hydrogens (tertiary/aromatic N) is 2. The molecule has 0 saturated carbocycles. The minimum absolute atomic E-state index is 0.000143. The average molecular weight is 448 g/mol. The number of carbonyl (C=O) groups excluding carboxylic acids is 4. The first kappa shape index (κ1) is 25.3. The van der Waals surface area contributed by atoms with Crippen LogP contribution in [0.25, 0.3) is 0 Å². The Morgan fingerprint density at radius 3 is 2.25 bits per heavy atom. The molecule has 176 valence electrons. The zero-order valence-electron chi connectivity index (χ0n) is 19.4. The monoisotopic (exact) mass is 447 g/mol. The van der Waals surface area contributed by atoms with Gasteiger partial charge in [0.2, 0.25) is 5.91 Å². The fourth-order valence-electron chi connectivity index (χ4n) is 3.68. The van der Waals surface area contributed by atoms with Crippen molar-refractivity contribution in [2.75, 3.05) is 26.2 Å². The van der Waals surface area contributed by atoms with E-state index in [-0.39, 0.29) is 25.7 Å². The molecule has 1 aliphatic heterocycles. The van der Waals surface area contributed by atoms with Gasteiger partial charge in [-0.2, -0.15) is 0 Å². The topological polar surface area (TPSA) is 105 Å². The fourth-order valence-corrected chi connectivity index (χ4v) is 3.68. The molecule has 5 amide bonds. The predicted molar refractivity (Wildman–Crippen MR) is 118 cm³/mol. The number of benzene rings is 1. The van der Waals surface area contributed by atoms with Gasteiger partial charge in [-0.3, -0.25) is 19.8 Å². The Hall–Kier alpha value is -2.94. The Bertz CT molecular complexity index is 824. The molecule has 0 aromatic heterocycles. The lowest BCUT2D eigenvalue weighted by Crippen LogP contribution is -2.67. The van der Waals surface area contributed by atoms with Crippen LogP contribution in [0.5, 0.6) is 0 Å². The molecule has 32 heavy (non-hydrogen) atoms. The Kier molecular flexibility index (Phi) is 8.77. The van der Waals surface area contributed by atoms with Crippen LogP contribution in [0.15, 0.2) is 30.3 Å². The third-order valence-corrected chi connectivity index (χ3v) is 5.55. The highest BCUT2D eigenvalue weighted by Crippen LogP contribution is 2.33. The van der Waals surface area contributed by atoms with Crippen LogP contribution in [-0.4, -0.2) is 72.2 Å². The summed E-state index contributed by atoms with van der Waals surface area (Å²) >= 11 is 0. The van der Waals surface area contributed by atoms with Gasteiger partial charge in [-0.1, -0.05) is 37.3 Å². The summed E-state index contributed by atoms with van der Waals surface area (Å²) < 4.78 is 11.2. The summed E-state index contributed by atoms with van der Waals surface area (Å²) in [5.74, 6) is -1.30. The van der Waals surface area contributed by atoms with Gasteiger partial charge in [-0.05, 0) is 39.7 Å². The van der Waals surface area contributed by atoms with Crippen molar-refractivity contribution in [1.82, 2.24) is 15.1 Å². The van der Waals surface area contributed by atoms with Crippen LogP contribution >= 0.6 is 0 Å². The third-order valence-electron chi connectivity index (χ3n) is 5.55. The maximum atomic E-state index is 13.6. The van der Waals surface area contributed by atoms with E-state index in [2.05, 4.69) is 5.32 Å². The molecule has 2 atom stereocenters. The van der Waals surface area contributed by atoms with Crippen LogP contribution in [0.1, 0.15) is 46.6 Å². The molecular formula is C23H33N3O6. The van der Waals surface area contributed by atoms with Crippen molar-refractivity contribution in [2.24, 2.45) is 0 Å². The van der Waals surface area contributed by atoms with Gasteiger partial charge >= 0.3 is 12.1 Å². The van der Waals surface area contributed by atoms with Crippen molar-refractivity contribution in [3.63, 3.8) is 0 Å². The summed E-state index contributed by atoms with van der Waals surface area (Å²) in [5, 5.41) is 2.30. The predicted octanol–water partition coefficient (Wildman–Crippen LogP) is 2.68. The van der Waals surface area contributed by atoms with Crippen LogP contribution < -0.4 is 5.32 Å². The maximum absolute atomic E-state index is 13.6. The van der Waals surface area contributed by atoms with Crippen LogP contribution in [0.4, 0.5) is 9.59 Å². The van der Waals surface area contributed by atoms with Gasteiger partial charge in [0, 0.05) is 13.1 Å². The lowest BCUT2D eigenvalue weighted by Gasteiger charge is -2.40. The highest BCUT2D eigenvalue weighted by molar-refractivity contribution is 6.22. The minimum Gasteiger partial charge on any atom is -0.442 e. The van der Waals surface area contributed by atoms with Crippen molar-refractivity contribution in [2.45, 2.75) is 58.7 Å². The van der Waals surface area contributed by atoms with Gasteiger partial charge in [0.1, 0.15) is 6.10 Å². The number of imide groups is 2. The van der Waals surface area contributed by atoms with E-state index < -0.39 is 35.5 Å². The number of ether oxygens (including phenoxy) is 2. The number of urea groups is 1. The fraction of sp³-hybridized carbons (Fsp3) is 0.565. The molecule has 1 aliphatic rings. The molecule has 0 radical (unpaired) electrons. The molecule has 9 nitrogen and oxygen atoms in total. The number of barbiturate groups is 1. The van der Waals surface area contributed by atoms with E-state index in [1.165, 1.54) is 4.90 Å². The smallest absolute Gasteiger partial charge is 0.410 e. The molecule has 0 spiro atoms. The van der Waals surface area contributed by atoms with Crippen LogP contribution in [0.2, 0.25) is 0 Å². The SMILES string of the molecule is CCN(CC)C(=O)OC(COC(C)C)CN1C(=O)NC(=O)C(CC)(c2ccccc2)C1=O. The molecule has 9 heteroatoms. The largest absolute Gasteiger partial charge is 0.442 e. The molecule has 1 N–H and O–H groups in total. The van der Waals surface area contributed by atoms with Gasteiger partial charge in [0.15, 0.2) is 5.41 Å². The van der Waals surface area contributed by atoms with Gasteiger partial charge < -0.3 is 14.4 Å². The number of hydrogen-bond acceptors (Lipinski definition) is 6.